The second-order valence-corrected chi connectivity index (χ2v) is 9.17. The van der Waals surface area contributed by atoms with Crippen LogP contribution in [-0.4, -0.2) is 20.8 Å². The average Bonchev–Trinajstić information content (AvgIpc) is 3.14. The molecule has 0 radical (unpaired) electrons. The number of hydrogen-bond acceptors (Lipinski definition) is 4. The smallest absolute Gasteiger partial charge is 0.125 e. The number of nitrogens with zero attached hydrogens (tertiary/aromatic N) is 1. The highest BCUT2D eigenvalue weighted by molar-refractivity contribution is 6.01. The zero-order chi connectivity index (χ0) is 23.0. The van der Waals surface area contributed by atoms with Crippen molar-refractivity contribution < 1.29 is 14.5 Å². The minimum absolute atomic E-state index is 0.0243. The molecule has 4 aromatic carbocycles. The molecule has 1 aliphatic heterocycles. The summed E-state index contributed by atoms with van der Waals surface area (Å²) in [4.78, 5) is 12.1. The van der Waals surface area contributed by atoms with Gasteiger partial charge in [0, 0.05) is 28.6 Å². The van der Waals surface area contributed by atoms with E-state index in [4.69, 9.17) is 14.5 Å². The normalized spacial score (nSPS) is 14.5. The van der Waals surface area contributed by atoms with Crippen LogP contribution in [0, 0.1) is 0 Å². The first-order valence-corrected chi connectivity index (χ1v) is 11.2. The molecule has 0 aliphatic carbocycles. The minimum atomic E-state index is -0.0243. The standard InChI is InChI=1S/C29H29NO3/c1-29(2)19-30(28-25-8-6-5-7-23(25)17-26(31-3)27(28)29)24-15-13-22(14-16-24)21-11-9-20(10-12-21)18-33-32-4/h5-17H,18-19H2,1-4H3. The summed E-state index contributed by atoms with van der Waals surface area (Å²) in [7, 11) is 3.29. The van der Waals surface area contributed by atoms with E-state index in [0.29, 0.717) is 6.61 Å². The fraction of sp³-hybridized carbons (Fsp3) is 0.241. The Morgan fingerprint density at radius 3 is 2.18 bits per heavy atom. The summed E-state index contributed by atoms with van der Waals surface area (Å²) in [5.41, 5.74) is 7.14. The molecule has 5 rings (SSSR count). The highest BCUT2D eigenvalue weighted by Crippen LogP contribution is 2.52. The summed E-state index contributed by atoms with van der Waals surface area (Å²) in [5.74, 6) is 0.963. The van der Waals surface area contributed by atoms with E-state index in [2.05, 4.69) is 97.6 Å². The van der Waals surface area contributed by atoms with Crippen LogP contribution in [0.2, 0.25) is 0 Å². The van der Waals surface area contributed by atoms with Crippen LogP contribution < -0.4 is 9.64 Å². The third kappa shape index (κ3) is 3.86. The number of hydrogen-bond donors (Lipinski definition) is 0. The first kappa shape index (κ1) is 21.5. The molecule has 1 heterocycles. The Bertz CT molecular complexity index is 1280. The fourth-order valence-corrected chi connectivity index (χ4v) is 4.93. The number of ether oxygens (including phenoxy) is 1. The predicted molar refractivity (Wildman–Crippen MR) is 134 cm³/mol. The van der Waals surface area contributed by atoms with Gasteiger partial charge in [0.1, 0.15) is 12.4 Å². The molecule has 0 N–H and O–H groups in total. The van der Waals surface area contributed by atoms with Gasteiger partial charge in [0.15, 0.2) is 0 Å². The maximum absolute atomic E-state index is 5.85. The molecule has 0 bridgehead atoms. The summed E-state index contributed by atoms with van der Waals surface area (Å²) < 4.78 is 5.85. The molecular formula is C29H29NO3. The SMILES string of the molecule is COOCc1ccc(-c2ccc(N3CC(C)(C)c4c(OC)cc5ccccc5c43)cc2)cc1. The number of benzene rings is 4. The third-order valence-corrected chi connectivity index (χ3v) is 6.52. The van der Waals surface area contributed by atoms with Crippen LogP contribution in [0.15, 0.2) is 78.9 Å². The van der Waals surface area contributed by atoms with E-state index >= 15 is 0 Å². The van der Waals surface area contributed by atoms with Crippen LogP contribution in [0.4, 0.5) is 11.4 Å². The van der Waals surface area contributed by atoms with Gasteiger partial charge in [0.2, 0.25) is 0 Å². The van der Waals surface area contributed by atoms with Crippen LogP contribution >= 0.6 is 0 Å². The first-order chi connectivity index (χ1) is 16.0. The Morgan fingerprint density at radius 2 is 1.52 bits per heavy atom. The lowest BCUT2D eigenvalue weighted by Crippen LogP contribution is -2.25. The van der Waals surface area contributed by atoms with E-state index in [-0.39, 0.29) is 5.41 Å². The van der Waals surface area contributed by atoms with Gasteiger partial charge >= 0.3 is 0 Å². The van der Waals surface area contributed by atoms with Crippen molar-refractivity contribution in [3.63, 3.8) is 0 Å². The quantitative estimate of drug-likeness (QED) is 0.239. The highest BCUT2D eigenvalue weighted by atomic mass is 17.2. The van der Waals surface area contributed by atoms with Crippen LogP contribution in [0.1, 0.15) is 25.0 Å². The Kier molecular flexibility index (Phi) is 5.57. The molecule has 0 saturated heterocycles. The zero-order valence-electron chi connectivity index (χ0n) is 19.6. The van der Waals surface area contributed by atoms with Crippen molar-refractivity contribution in [2.75, 3.05) is 25.7 Å². The van der Waals surface area contributed by atoms with Gasteiger partial charge in [-0.25, -0.2) is 9.78 Å². The Labute approximate surface area is 195 Å². The summed E-state index contributed by atoms with van der Waals surface area (Å²) in [6.07, 6.45) is 0. The van der Waals surface area contributed by atoms with E-state index in [1.807, 2.05) is 0 Å². The van der Waals surface area contributed by atoms with Gasteiger partial charge in [-0.3, -0.25) is 0 Å². The molecule has 4 heteroatoms. The van der Waals surface area contributed by atoms with Gasteiger partial charge in [-0.05, 0) is 40.3 Å². The maximum atomic E-state index is 5.85. The largest absolute Gasteiger partial charge is 0.496 e. The van der Waals surface area contributed by atoms with Gasteiger partial charge in [0.05, 0.1) is 19.9 Å². The van der Waals surface area contributed by atoms with Crippen LogP contribution in [0.5, 0.6) is 5.75 Å². The number of fused-ring (bicyclic) bond motifs is 3. The molecule has 0 saturated carbocycles. The summed E-state index contributed by atoms with van der Waals surface area (Å²) in [6, 6.07) is 28.0. The number of rotatable bonds is 6. The Hall–Kier alpha value is -3.34. The minimum Gasteiger partial charge on any atom is -0.496 e. The molecule has 33 heavy (non-hydrogen) atoms. The second-order valence-electron chi connectivity index (χ2n) is 9.17. The van der Waals surface area contributed by atoms with Gasteiger partial charge in [0.25, 0.3) is 0 Å². The van der Waals surface area contributed by atoms with Crippen LogP contribution in [0.3, 0.4) is 0 Å². The molecular weight excluding hydrogens is 410 g/mol. The van der Waals surface area contributed by atoms with Gasteiger partial charge in [-0.15, -0.1) is 0 Å². The summed E-state index contributed by atoms with van der Waals surface area (Å²) >= 11 is 0. The topological polar surface area (TPSA) is 30.9 Å². The van der Waals surface area contributed by atoms with E-state index in [0.717, 1.165) is 17.9 Å². The second kappa shape index (κ2) is 8.54. The van der Waals surface area contributed by atoms with Crippen molar-refractivity contribution in [2.45, 2.75) is 25.9 Å². The van der Waals surface area contributed by atoms with Crippen LogP contribution in [0.25, 0.3) is 21.9 Å². The molecule has 0 unspecified atom stereocenters. The summed E-state index contributed by atoms with van der Waals surface area (Å²) in [6.45, 7) is 5.94. The molecule has 168 valence electrons. The van der Waals surface area contributed by atoms with E-state index in [9.17, 15) is 0 Å². The van der Waals surface area contributed by atoms with Crippen molar-refractivity contribution >= 4 is 22.1 Å². The molecule has 0 atom stereocenters. The zero-order valence-corrected chi connectivity index (χ0v) is 19.6. The predicted octanol–water partition coefficient (Wildman–Crippen LogP) is 7.02. The molecule has 4 nitrogen and oxygen atoms in total. The number of methoxy groups -OCH3 is 1. The lowest BCUT2D eigenvalue weighted by Gasteiger charge is -2.23. The summed E-state index contributed by atoms with van der Waals surface area (Å²) in [5, 5.41) is 2.46. The third-order valence-electron chi connectivity index (χ3n) is 6.52. The molecule has 0 amide bonds. The maximum Gasteiger partial charge on any atom is 0.125 e. The lowest BCUT2D eigenvalue weighted by molar-refractivity contribution is -0.282. The Morgan fingerprint density at radius 1 is 0.848 bits per heavy atom. The van der Waals surface area contributed by atoms with E-state index < -0.39 is 0 Å². The van der Waals surface area contributed by atoms with Gasteiger partial charge < -0.3 is 9.64 Å². The number of anilines is 2. The molecule has 1 aliphatic rings. The lowest BCUT2D eigenvalue weighted by atomic mass is 9.85. The first-order valence-electron chi connectivity index (χ1n) is 11.2. The fourth-order valence-electron chi connectivity index (χ4n) is 4.93. The molecule has 4 aromatic rings. The average molecular weight is 440 g/mol. The highest BCUT2D eigenvalue weighted by Gasteiger charge is 2.39. The molecule has 0 fully saturated rings. The van der Waals surface area contributed by atoms with E-state index in [1.165, 1.54) is 45.9 Å². The molecule has 0 aromatic heterocycles. The van der Waals surface area contributed by atoms with Crippen molar-refractivity contribution in [3.8, 4) is 16.9 Å². The van der Waals surface area contributed by atoms with Gasteiger partial charge in [-0.1, -0.05) is 74.5 Å². The van der Waals surface area contributed by atoms with Crippen molar-refractivity contribution in [3.05, 3.63) is 90.0 Å². The van der Waals surface area contributed by atoms with Crippen molar-refractivity contribution in [2.24, 2.45) is 0 Å². The van der Waals surface area contributed by atoms with Crippen molar-refractivity contribution in [1.29, 1.82) is 0 Å². The van der Waals surface area contributed by atoms with Crippen molar-refractivity contribution in [1.82, 2.24) is 0 Å². The van der Waals surface area contributed by atoms with Crippen LogP contribution in [-0.2, 0) is 21.8 Å². The monoisotopic (exact) mass is 439 g/mol. The van der Waals surface area contributed by atoms with Gasteiger partial charge in [-0.2, -0.15) is 0 Å². The molecule has 0 spiro atoms. The Balaban J connectivity index is 1.52. The van der Waals surface area contributed by atoms with E-state index in [1.54, 1.807) is 7.11 Å².